The molecule has 0 aromatic rings. The zero-order chi connectivity index (χ0) is 37.7. The van der Waals surface area contributed by atoms with Crippen molar-refractivity contribution in [2.75, 3.05) is 26.4 Å². The van der Waals surface area contributed by atoms with E-state index in [2.05, 4.69) is 42.7 Å². The highest BCUT2D eigenvalue weighted by atomic mass is 31.2. The Morgan fingerprint density at radius 3 is 1.55 bits per heavy atom. The number of hydrogen-bond donors (Lipinski definition) is 3. The molecule has 51 heavy (non-hydrogen) atoms. The molecule has 0 saturated carbocycles. The molecule has 0 fully saturated rings. The van der Waals surface area contributed by atoms with Gasteiger partial charge in [-0.2, -0.15) is 0 Å². The molecule has 0 aliphatic heterocycles. The summed E-state index contributed by atoms with van der Waals surface area (Å²) < 4.78 is 32.6. The van der Waals surface area contributed by atoms with Crippen LogP contribution < -0.4 is 0 Å². The first-order valence-electron chi connectivity index (χ1n) is 20.3. The number of unbranched alkanes of at least 4 members (excludes halogenated alkanes) is 20. The van der Waals surface area contributed by atoms with E-state index in [1.54, 1.807) is 0 Å². The van der Waals surface area contributed by atoms with Crippen LogP contribution in [0.3, 0.4) is 0 Å². The van der Waals surface area contributed by atoms with Gasteiger partial charge in [-0.1, -0.05) is 147 Å². The molecule has 0 saturated heterocycles. The van der Waals surface area contributed by atoms with Gasteiger partial charge < -0.3 is 24.6 Å². The predicted octanol–water partition coefficient (Wildman–Crippen LogP) is 10.2. The summed E-state index contributed by atoms with van der Waals surface area (Å²) in [5.74, 6) is -0.929. The third kappa shape index (κ3) is 36.6. The van der Waals surface area contributed by atoms with Crippen LogP contribution in [-0.4, -0.2) is 65.7 Å². The number of phosphoric ester groups is 1. The van der Waals surface area contributed by atoms with E-state index in [1.165, 1.54) is 89.9 Å². The van der Waals surface area contributed by atoms with Crippen molar-refractivity contribution in [1.82, 2.24) is 0 Å². The number of phosphoric acid groups is 1. The molecular weight excluding hydrogens is 671 g/mol. The van der Waals surface area contributed by atoms with Gasteiger partial charge in [0.05, 0.1) is 19.8 Å². The average molecular weight is 747 g/mol. The van der Waals surface area contributed by atoms with Crippen molar-refractivity contribution in [3.8, 4) is 0 Å². The van der Waals surface area contributed by atoms with Gasteiger partial charge in [-0.15, -0.1) is 0 Å². The third-order valence-electron chi connectivity index (χ3n) is 8.61. The van der Waals surface area contributed by atoms with Crippen molar-refractivity contribution >= 4 is 19.8 Å². The average Bonchev–Trinajstić information content (AvgIpc) is 3.12. The standard InChI is InChI=1S/C40H75O10P/c1-3-5-7-9-11-13-14-15-16-17-18-19-20-21-22-24-26-28-30-32-40(44)50-38(36-49-51(45,46)48-34-37(42)33-41)35-47-39(43)31-29-27-25-23-12-10-8-6-4-2/h11,13,15-16,37-38,41-42H,3-10,12,14,17-36H2,1-2H3,(H,45,46)/b13-11-,16-15-/t37-,38+/m0/s1. The molecule has 0 amide bonds. The first-order valence-corrected chi connectivity index (χ1v) is 21.8. The normalized spacial score (nSPS) is 14.2. The molecule has 0 bridgehead atoms. The SMILES string of the molecule is CCCCC/C=C\C/C=C\CCCCCCCCCCCC(=O)O[C@H](COC(=O)CCCCCCCCCCC)COP(=O)(O)OC[C@@H](O)CO. The molecule has 3 N–H and O–H groups in total. The number of allylic oxidation sites excluding steroid dienone is 4. The second-order valence-electron chi connectivity index (χ2n) is 13.7. The molecule has 3 atom stereocenters. The molecule has 1 unspecified atom stereocenters. The maximum absolute atomic E-state index is 12.6. The fraction of sp³-hybridized carbons (Fsp3) is 0.850. The summed E-state index contributed by atoms with van der Waals surface area (Å²) in [5.41, 5.74) is 0. The van der Waals surface area contributed by atoms with Gasteiger partial charge in [-0.25, -0.2) is 4.57 Å². The second kappa shape index (κ2) is 36.8. The van der Waals surface area contributed by atoms with Gasteiger partial charge in [0.15, 0.2) is 6.10 Å². The van der Waals surface area contributed by atoms with E-state index >= 15 is 0 Å². The maximum Gasteiger partial charge on any atom is 0.472 e. The predicted molar refractivity (Wildman–Crippen MR) is 205 cm³/mol. The van der Waals surface area contributed by atoms with Crippen LogP contribution in [0.1, 0.15) is 181 Å². The van der Waals surface area contributed by atoms with Crippen molar-refractivity contribution in [3.63, 3.8) is 0 Å². The fourth-order valence-corrected chi connectivity index (χ4v) is 6.22. The summed E-state index contributed by atoms with van der Waals surface area (Å²) in [6, 6.07) is 0. The van der Waals surface area contributed by atoms with Gasteiger partial charge in [-0.3, -0.25) is 18.6 Å². The van der Waals surface area contributed by atoms with Crippen LogP contribution in [-0.2, 0) is 32.7 Å². The zero-order valence-electron chi connectivity index (χ0n) is 32.3. The fourth-order valence-electron chi connectivity index (χ4n) is 5.43. The molecule has 0 rings (SSSR count). The van der Waals surface area contributed by atoms with Crippen LogP contribution in [0.2, 0.25) is 0 Å². The van der Waals surface area contributed by atoms with Crippen LogP contribution in [0.4, 0.5) is 0 Å². The Hall–Kier alpha value is -1.55. The second-order valence-corrected chi connectivity index (χ2v) is 15.1. The van der Waals surface area contributed by atoms with Crippen molar-refractivity contribution in [3.05, 3.63) is 24.3 Å². The maximum atomic E-state index is 12.6. The van der Waals surface area contributed by atoms with E-state index in [-0.39, 0.29) is 19.4 Å². The lowest BCUT2D eigenvalue weighted by Crippen LogP contribution is -2.29. The summed E-state index contributed by atoms with van der Waals surface area (Å²) in [6.45, 7) is 2.32. The third-order valence-corrected chi connectivity index (χ3v) is 9.56. The van der Waals surface area contributed by atoms with Crippen molar-refractivity contribution < 1.29 is 47.8 Å². The number of carbonyl (C=O) groups is 2. The summed E-state index contributed by atoms with van der Waals surface area (Å²) in [7, 11) is -4.61. The molecule has 0 aliphatic rings. The first kappa shape index (κ1) is 49.5. The Bertz CT molecular complexity index is 910. The number of aliphatic hydroxyl groups is 2. The smallest absolute Gasteiger partial charge is 0.462 e. The summed E-state index contributed by atoms with van der Waals surface area (Å²) >= 11 is 0. The lowest BCUT2D eigenvalue weighted by atomic mass is 10.1. The van der Waals surface area contributed by atoms with Crippen LogP contribution in [0.5, 0.6) is 0 Å². The minimum Gasteiger partial charge on any atom is -0.462 e. The summed E-state index contributed by atoms with van der Waals surface area (Å²) in [5, 5.41) is 18.3. The number of ether oxygens (including phenoxy) is 2. The zero-order valence-corrected chi connectivity index (χ0v) is 33.2. The Morgan fingerprint density at radius 1 is 0.588 bits per heavy atom. The van der Waals surface area contributed by atoms with Crippen molar-refractivity contribution in [1.29, 1.82) is 0 Å². The molecule has 0 aliphatic carbocycles. The Balaban J connectivity index is 4.26. The van der Waals surface area contributed by atoms with Crippen LogP contribution in [0.25, 0.3) is 0 Å². The van der Waals surface area contributed by atoms with E-state index in [0.29, 0.717) is 12.8 Å². The lowest BCUT2D eigenvalue weighted by molar-refractivity contribution is -0.161. The van der Waals surface area contributed by atoms with Crippen LogP contribution in [0.15, 0.2) is 24.3 Å². The molecular formula is C40H75O10P. The highest BCUT2D eigenvalue weighted by Crippen LogP contribution is 2.43. The lowest BCUT2D eigenvalue weighted by Gasteiger charge is -2.20. The number of carbonyl (C=O) groups excluding carboxylic acids is 2. The highest BCUT2D eigenvalue weighted by Gasteiger charge is 2.27. The van der Waals surface area contributed by atoms with E-state index in [0.717, 1.165) is 51.4 Å². The molecule has 0 radical (unpaired) electrons. The van der Waals surface area contributed by atoms with Gasteiger partial charge in [-0.05, 0) is 44.9 Å². The molecule has 0 aromatic heterocycles. The van der Waals surface area contributed by atoms with Gasteiger partial charge in [0.1, 0.15) is 12.7 Å². The minimum absolute atomic E-state index is 0.182. The number of aliphatic hydroxyl groups excluding tert-OH is 2. The molecule has 11 heteroatoms. The van der Waals surface area contributed by atoms with Gasteiger partial charge in [0.2, 0.25) is 0 Å². The first-order chi connectivity index (χ1) is 24.7. The quantitative estimate of drug-likeness (QED) is 0.0241. The van der Waals surface area contributed by atoms with E-state index < -0.39 is 51.8 Å². The molecule has 300 valence electrons. The molecule has 0 spiro atoms. The number of rotatable bonds is 38. The molecule has 0 aromatic carbocycles. The number of esters is 2. The largest absolute Gasteiger partial charge is 0.472 e. The monoisotopic (exact) mass is 747 g/mol. The van der Waals surface area contributed by atoms with Crippen molar-refractivity contribution in [2.24, 2.45) is 0 Å². The Morgan fingerprint density at radius 2 is 1.02 bits per heavy atom. The van der Waals surface area contributed by atoms with Crippen LogP contribution >= 0.6 is 7.82 Å². The van der Waals surface area contributed by atoms with E-state index in [4.69, 9.17) is 19.1 Å². The summed E-state index contributed by atoms with van der Waals surface area (Å²) in [4.78, 5) is 34.8. The minimum atomic E-state index is -4.61. The van der Waals surface area contributed by atoms with Crippen LogP contribution in [0, 0.1) is 0 Å². The number of hydrogen-bond acceptors (Lipinski definition) is 9. The Kier molecular flexibility index (Phi) is 35.7. The van der Waals surface area contributed by atoms with E-state index in [9.17, 15) is 24.2 Å². The molecule has 10 nitrogen and oxygen atoms in total. The molecule has 0 heterocycles. The van der Waals surface area contributed by atoms with Crippen molar-refractivity contribution in [2.45, 2.75) is 193 Å². The van der Waals surface area contributed by atoms with Gasteiger partial charge >= 0.3 is 19.8 Å². The topological polar surface area (TPSA) is 149 Å². The van der Waals surface area contributed by atoms with E-state index in [1.807, 2.05) is 0 Å². The van der Waals surface area contributed by atoms with Gasteiger partial charge in [0.25, 0.3) is 0 Å². The Labute approximate surface area is 310 Å². The summed E-state index contributed by atoms with van der Waals surface area (Å²) in [6.07, 6.45) is 34.4. The highest BCUT2D eigenvalue weighted by molar-refractivity contribution is 7.47. The van der Waals surface area contributed by atoms with Gasteiger partial charge in [0, 0.05) is 12.8 Å².